The van der Waals surface area contributed by atoms with Crippen molar-refractivity contribution in [2.75, 3.05) is 6.61 Å². The van der Waals surface area contributed by atoms with E-state index in [4.69, 9.17) is 5.11 Å². The molecule has 0 aliphatic heterocycles. The molecule has 5 nitrogen and oxygen atoms in total. The van der Waals surface area contributed by atoms with Crippen molar-refractivity contribution in [1.29, 1.82) is 0 Å². The van der Waals surface area contributed by atoms with Crippen molar-refractivity contribution in [1.82, 2.24) is 15.3 Å². The van der Waals surface area contributed by atoms with E-state index < -0.39 is 0 Å². The van der Waals surface area contributed by atoms with E-state index in [0.717, 1.165) is 9.88 Å². The average molecular weight is 301 g/mol. The van der Waals surface area contributed by atoms with E-state index in [2.05, 4.69) is 27.1 Å². The van der Waals surface area contributed by atoms with Crippen molar-refractivity contribution < 1.29 is 9.90 Å². The van der Waals surface area contributed by atoms with Gasteiger partial charge in [-0.05, 0) is 13.0 Å². The first kappa shape index (κ1) is 15.2. The number of carbonyl (C=O) groups excluding carboxylic acids is 1. The van der Waals surface area contributed by atoms with Gasteiger partial charge in [0.25, 0.3) is 5.91 Å². The molecule has 2 N–H and O–H groups in total. The van der Waals surface area contributed by atoms with Crippen LogP contribution in [0.4, 0.5) is 0 Å². The molecule has 0 saturated carbocycles. The van der Waals surface area contributed by atoms with E-state index in [1.165, 1.54) is 0 Å². The van der Waals surface area contributed by atoms with Gasteiger partial charge in [-0.15, -0.1) is 11.3 Å². The van der Waals surface area contributed by atoms with Crippen molar-refractivity contribution in [3.8, 4) is 11.8 Å². The summed E-state index contributed by atoms with van der Waals surface area (Å²) >= 11 is 1.55. The Morgan fingerprint density at radius 2 is 2.33 bits per heavy atom. The Labute approximate surface area is 127 Å². The van der Waals surface area contributed by atoms with E-state index >= 15 is 0 Å². The van der Waals surface area contributed by atoms with Gasteiger partial charge in [0.05, 0.1) is 29.3 Å². The van der Waals surface area contributed by atoms with Crippen LogP contribution >= 0.6 is 11.3 Å². The van der Waals surface area contributed by atoms with Crippen LogP contribution in [0, 0.1) is 18.8 Å². The second kappa shape index (κ2) is 7.53. The van der Waals surface area contributed by atoms with Gasteiger partial charge in [0, 0.05) is 29.9 Å². The number of aromatic nitrogens is 2. The molecule has 2 aromatic rings. The van der Waals surface area contributed by atoms with Crippen molar-refractivity contribution in [3.05, 3.63) is 45.7 Å². The lowest BCUT2D eigenvalue weighted by Crippen LogP contribution is -2.23. The van der Waals surface area contributed by atoms with Gasteiger partial charge in [-0.2, -0.15) is 0 Å². The molecule has 21 heavy (non-hydrogen) atoms. The first-order valence-electron chi connectivity index (χ1n) is 6.44. The number of nitrogens with zero attached hydrogens (tertiary/aromatic N) is 2. The van der Waals surface area contributed by atoms with E-state index in [0.29, 0.717) is 24.1 Å². The number of hydrogen-bond acceptors (Lipinski definition) is 5. The zero-order valence-corrected chi connectivity index (χ0v) is 12.4. The second-order valence-corrected chi connectivity index (χ2v) is 5.54. The molecule has 108 valence electrons. The standard InChI is InChI=1S/C15H15N3O2S/c1-11-17-9-13(21-11)10-18-15(20)14-5-6-16-8-12(14)4-2-3-7-19/h5-6,8-9,19H,3,7,10H2,1H3,(H,18,20). The fourth-order valence-electron chi connectivity index (χ4n) is 1.66. The summed E-state index contributed by atoms with van der Waals surface area (Å²) in [6, 6.07) is 1.64. The molecule has 1 amide bonds. The number of aryl methyl sites for hydroxylation is 1. The van der Waals surface area contributed by atoms with Crippen molar-refractivity contribution in [2.24, 2.45) is 0 Å². The van der Waals surface area contributed by atoms with Crippen molar-refractivity contribution >= 4 is 17.2 Å². The van der Waals surface area contributed by atoms with Crippen LogP contribution in [-0.4, -0.2) is 27.6 Å². The summed E-state index contributed by atoms with van der Waals surface area (Å²) in [7, 11) is 0. The van der Waals surface area contributed by atoms with E-state index in [9.17, 15) is 4.79 Å². The molecule has 0 atom stereocenters. The number of thiazole rings is 1. The molecule has 2 aromatic heterocycles. The Kier molecular flexibility index (Phi) is 5.43. The van der Waals surface area contributed by atoms with Crippen LogP contribution in [0.2, 0.25) is 0 Å². The zero-order chi connectivity index (χ0) is 15.1. The largest absolute Gasteiger partial charge is 0.395 e. The molecule has 2 rings (SSSR count). The number of pyridine rings is 1. The van der Waals surface area contributed by atoms with Crippen LogP contribution in [0.25, 0.3) is 0 Å². The SMILES string of the molecule is Cc1ncc(CNC(=O)c2ccncc2C#CCCO)s1. The monoisotopic (exact) mass is 301 g/mol. The molecule has 0 fully saturated rings. The maximum atomic E-state index is 12.2. The Balaban J connectivity index is 2.07. The quantitative estimate of drug-likeness (QED) is 0.839. The molecule has 0 aliphatic rings. The fourth-order valence-corrected chi connectivity index (χ4v) is 2.39. The molecular weight excluding hydrogens is 286 g/mol. The molecule has 0 unspecified atom stereocenters. The molecule has 0 saturated heterocycles. The minimum Gasteiger partial charge on any atom is -0.395 e. The zero-order valence-electron chi connectivity index (χ0n) is 11.6. The summed E-state index contributed by atoms with van der Waals surface area (Å²) in [6.45, 7) is 2.36. The van der Waals surface area contributed by atoms with E-state index in [1.807, 2.05) is 6.92 Å². The Bertz CT molecular complexity index is 685. The lowest BCUT2D eigenvalue weighted by atomic mass is 10.1. The van der Waals surface area contributed by atoms with Gasteiger partial charge in [-0.1, -0.05) is 11.8 Å². The Morgan fingerprint density at radius 3 is 3.05 bits per heavy atom. The van der Waals surface area contributed by atoms with Crippen LogP contribution in [0.1, 0.15) is 32.2 Å². The molecule has 0 aromatic carbocycles. The summed E-state index contributed by atoms with van der Waals surface area (Å²) in [5.74, 6) is 5.45. The minimum absolute atomic E-state index is 0.000475. The van der Waals surface area contributed by atoms with Gasteiger partial charge in [-0.25, -0.2) is 4.98 Å². The third-order valence-corrected chi connectivity index (χ3v) is 3.53. The van der Waals surface area contributed by atoms with Crippen LogP contribution in [-0.2, 0) is 6.54 Å². The Morgan fingerprint density at radius 1 is 1.48 bits per heavy atom. The van der Waals surface area contributed by atoms with E-state index in [-0.39, 0.29) is 12.5 Å². The number of carbonyl (C=O) groups is 1. The third kappa shape index (κ3) is 4.38. The van der Waals surface area contributed by atoms with Crippen LogP contribution in [0.5, 0.6) is 0 Å². The van der Waals surface area contributed by atoms with E-state index in [1.54, 1.807) is 36.0 Å². The smallest absolute Gasteiger partial charge is 0.252 e. The first-order chi connectivity index (χ1) is 10.2. The molecule has 0 radical (unpaired) electrons. The van der Waals surface area contributed by atoms with Gasteiger partial charge in [0.2, 0.25) is 0 Å². The molecular formula is C15H15N3O2S. The lowest BCUT2D eigenvalue weighted by molar-refractivity contribution is 0.0951. The maximum absolute atomic E-state index is 12.2. The van der Waals surface area contributed by atoms with Crippen LogP contribution in [0.3, 0.4) is 0 Å². The molecule has 0 aliphatic carbocycles. The van der Waals surface area contributed by atoms with Gasteiger partial charge in [0.1, 0.15) is 0 Å². The predicted octanol–water partition coefficient (Wildman–Crippen LogP) is 1.51. The second-order valence-electron chi connectivity index (χ2n) is 4.22. The van der Waals surface area contributed by atoms with Gasteiger partial charge in [-0.3, -0.25) is 9.78 Å². The summed E-state index contributed by atoms with van der Waals surface area (Å²) in [4.78, 5) is 21.3. The number of rotatable bonds is 4. The van der Waals surface area contributed by atoms with Gasteiger partial charge >= 0.3 is 0 Å². The lowest BCUT2D eigenvalue weighted by Gasteiger charge is -2.05. The first-order valence-corrected chi connectivity index (χ1v) is 7.25. The highest BCUT2D eigenvalue weighted by molar-refractivity contribution is 7.11. The summed E-state index contributed by atoms with van der Waals surface area (Å²) in [5.41, 5.74) is 1.04. The number of hydrogen-bond donors (Lipinski definition) is 2. The van der Waals surface area contributed by atoms with Crippen LogP contribution in [0.15, 0.2) is 24.7 Å². The van der Waals surface area contributed by atoms with Crippen molar-refractivity contribution in [2.45, 2.75) is 19.9 Å². The Hall–Kier alpha value is -2.23. The number of aliphatic hydroxyl groups is 1. The maximum Gasteiger partial charge on any atom is 0.252 e. The third-order valence-electron chi connectivity index (χ3n) is 2.62. The predicted molar refractivity (Wildman–Crippen MR) is 80.8 cm³/mol. The highest BCUT2D eigenvalue weighted by atomic mass is 32.1. The normalized spacial score (nSPS) is 9.81. The summed E-state index contributed by atoms with van der Waals surface area (Å²) in [5, 5.41) is 12.5. The number of nitrogens with one attached hydrogen (secondary N) is 1. The summed E-state index contributed by atoms with van der Waals surface area (Å²) in [6.07, 6.45) is 5.24. The highest BCUT2D eigenvalue weighted by Crippen LogP contribution is 2.12. The van der Waals surface area contributed by atoms with Gasteiger partial charge < -0.3 is 10.4 Å². The minimum atomic E-state index is -0.197. The van der Waals surface area contributed by atoms with Crippen molar-refractivity contribution in [3.63, 3.8) is 0 Å². The molecule has 0 bridgehead atoms. The average Bonchev–Trinajstić information content (AvgIpc) is 2.91. The van der Waals surface area contributed by atoms with Crippen LogP contribution < -0.4 is 5.32 Å². The highest BCUT2D eigenvalue weighted by Gasteiger charge is 2.10. The molecule has 0 spiro atoms. The fraction of sp³-hybridized carbons (Fsp3) is 0.267. The number of aliphatic hydroxyl groups excluding tert-OH is 1. The summed E-state index contributed by atoms with van der Waals surface area (Å²) < 4.78 is 0. The van der Waals surface area contributed by atoms with Gasteiger partial charge in [0.15, 0.2) is 0 Å². The number of amides is 1. The molecule has 6 heteroatoms. The topological polar surface area (TPSA) is 75.1 Å². The molecule has 2 heterocycles.